The zero-order chi connectivity index (χ0) is 17.0. The molecule has 0 aliphatic carbocycles. The minimum atomic E-state index is -0.992. The lowest BCUT2D eigenvalue weighted by Gasteiger charge is -2.01. The number of aromatic carboxylic acids is 1. The minimum Gasteiger partial charge on any atom is -0.495 e. The Labute approximate surface area is 137 Å². The topological polar surface area (TPSA) is 102 Å². The van der Waals surface area contributed by atoms with Crippen LogP contribution in [0.1, 0.15) is 15.9 Å². The van der Waals surface area contributed by atoms with Gasteiger partial charge in [-0.3, -0.25) is 4.79 Å². The van der Waals surface area contributed by atoms with Crippen molar-refractivity contribution in [2.24, 2.45) is 0 Å². The first-order chi connectivity index (χ1) is 10.9. The molecule has 3 rings (SSSR count). The van der Waals surface area contributed by atoms with Gasteiger partial charge >= 0.3 is 5.97 Å². The number of nitrogen functional groups attached to an aromatic ring is 1. The molecule has 2 aromatic rings. The van der Waals surface area contributed by atoms with E-state index >= 15 is 0 Å². The third kappa shape index (κ3) is 3.92. The van der Waals surface area contributed by atoms with Crippen molar-refractivity contribution in [2.45, 2.75) is 6.42 Å². The highest BCUT2D eigenvalue weighted by molar-refractivity contribution is 6.32. The molecule has 120 valence electrons. The standard InChI is InChI=1S/C9H7NO3.C7H8ClNO/c11-8-4-6-5(9(12)13)2-1-3-7(6)10-8;1-10-7-3-2-5(9)4-6(7)8/h1-3H,4H2,(H,10,11)(H,12,13);2-4H,9H2,1H3. The molecule has 0 spiro atoms. The number of rotatable bonds is 2. The van der Waals surface area contributed by atoms with Crippen LogP contribution in [0.25, 0.3) is 0 Å². The van der Waals surface area contributed by atoms with E-state index in [1.54, 1.807) is 37.4 Å². The number of nitrogens with two attached hydrogens (primary N) is 1. The summed E-state index contributed by atoms with van der Waals surface area (Å²) in [7, 11) is 1.57. The quantitative estimate of drug-likeness (QED) is 0.733. The molecule has 2 aromatic carbocycles. The largest absolute Gasteiger partial charge is 0.495 e. The smallest absolute Gasteiger partial charge is 0.336 e. The average molecular weight is 335 g/mol. The van der Waals surface area contributed by atoms with Gasteiger partial charge < -0.3 is 20.9 Å². The van der Waals surface area contributed by atoms with Gasteiger partial charge in [-0.05, 0) is 35.9 Å². The van der Waals surface area contributed by atoms with E-state index < -0.39 is 5.97 Å². The average Bonchev–Trinajstić information content (AvgIpc) is 2.87. The molecule has 0 saturated carbocycles. The number of benzene rings is 2. The third-order valence-corrected chi connectivity index (χ3v) is 3.49. The monoisotopic (exact) mass is 334 g/mol. The van der Waals surface area contributed by atoms with Gasteiger partial charge in [0.2, 0.25) is 5.91 Å². The molecule has 7 heteroatoms. The number of hydrogen-bond acceptors (Lipinski definition) is 4. The van der Waals surface area contributed by atoms with Crippen molar-refractivity contribution in [3.8, 4) is 5.75 Å². The zero-order valence-electron chi connectivity index (χ0n) is 12.3. The van der Waals surface area contributed by atoms with Crippen LogP contribution in [-0.4, -0.2) is 24.1 Å². The second-order valence-electron chi connectivity index (χ2n) is 4.76. The lowest BCUT2D eigenvalue weighted by molar-refractivity contribution is -0.115. The van der Waals surface area contributed by atoms with Crippen molar-refractivity contribution in [3.05, 3.63) is 52.5 Å². The Balaban J connectivity index is 0.000000174. The van der Waals surface area contributed by atoms with Crippen LogP contribution in [0.5, 0.6) is 5.75 Å². The minimum absolute atomic E-state index is 0.149. The number of ether oxygens (including phenoxy) is 1. The molecular weight excluding hydrogens is 320 g/mol. The van der Waals surface area contributed by atoms with E-state index in [9.17, 15) is 9.59 Å². The van der Waals surface area contributed by atoms with Crippen LogP contribution in [0.3, 0.4) is 0 Å². The molecule has 0 radical (unpaired) electrons. The highest BCUT2D eigenvalue weighted by atomic mass is 35.5. The SMILES string of the molecule is COc1ccc(N)cc1Cl.O=C1Cc2c(cccc2C(=O)O)N1. The van der Waals surface area contributed by atoms with Gasteiger partial charge in [-0.25, -0.2) is 4.79 Å². The van der Waals surface area contributed by atoms with Gasteiger partial charge in [0.25, 0.3) is 0 Å². The Morgan fingerprint density at radius 3 is 2.70 bits per heavy atom. The first-order valence-electron chi connectivity index (χ1n) is 6.66. The Hall–Kier alpha value is -2.73. The summed E-state index contributed by atoms with van der Waals surface area (Å²) in [5, 5.41) is 11.9. The van der Waals surface area contributed by atoms with Gasteiger partial charge in [0.1, 0.15) is 5.75 Å². The molecule has 6 nitrogen and oxygen atoms in total. The fraction of sp³-hybridized carbons (Fsp3) is 0.125. The summed E-state index contributed by atoms with van der Waals surface area (Å²) in [6.07, 6.45) is 0.164. The molecule has 0 fully saturated rings. The molecule has 1 aliphatic heterocycles. The summed E-state index contributed by atoms with van der Waals surface area (Å²) >= 11 is 5.72. The molecule has 1 aliphatic rings. The number of fused-ring (bicyclic) bond motifs is 1. The van der Waals surface area contributed by atoms with Gasteiger partial charge in [-0.15, -0.1) is 0 Å². The van der Waals surface area contributed by atoms with E-state index in [2.05, 4.69) is 5.32 Å². The molecule has 0 bridgehead atoms. The highest BCUT2D eigenvalue weighted by Gasteiger charge is 2.22. The van der Waals surface area contributed by atoms with Crippen LogP contribution >= 0.6 is 11.6 Å². The molecule has 0 aromatic heterocycles. The van der Waals surface area contributed by atoms with Crippen molar-refractivity contribution in [1.82, 2.24) is 0 Å². The predicted octanol–water partition coefficient (Wildman–Crippen LogP) is 2.81. The predicted molar refractivity (Wildman–Crippen MR) is 88.2 cm³/mol. The van der Waals surface area contributed by atoms with E-state index in [4.69, 9.17) is 27.2 Å². The molecule has 0 saturated heterocycles. The second-order valence-corrected chi connectivity index (χ2v) is 5.16. The fourth-order valence-electron chi connectivity index (χ4n) is 2.13. The third-order valence-electron chi connectivity index (χ3n) is 3.19. The summed E-state index contributed by atoms with van der Waals surface area (Å²) in [5.41, 5.74) is 7.49. The van der Waals surface area contributed by atoms with Crippen molar-refractivity contribution in [3.63, 3.8) is 0 Å². The van der Waals surface area contributed by atoms with Gasteiger partial charge in [0.15, 0.2) is 0 Å². The fourth-order valence-corrected chi connectivity index (χ4v) is 2.40. The van der Waals surface area contributed by atoms with Crippen LogP contribution in [0.2, 0.25) is 5.02 Å². The number of methoxy groups -OCH3 is 1. The lowest BCUT2D eigenvalue weighted by atomic mass is 10.1. The number of carboxylic acids is 1. The number of nitrogens with one attached hydrogen (secondary N) is 1. The zero-order valence-corrected chi connectivity index (χ0v) is 13.1. The number of amides is 1. The van der Waals surface area contributed by atoms with E-state index in [0.29, 0.717) is 27.7 Å². The van der Waals surface area contributed by atoms with Gasteiger partial charge in [-0.2, -0.15) is 0 Å². The number of anilines is 2. The molecule has 23 heavy (non-hydrogen) atoms. The van der Waals surface area contributed by atoms with Crippen LogP contribution in [0, 0.1) is 0 Å². The number of halogens is 1. The summed E-state index contributed by atoms with van der Waals surface area (Å²) < 4.78 is 4.91. The van der Waals surface area contributed by atoms with E-state index in [1.807, 2.05) is 0 Å². The van der Waals surface area contributed by atoms with Crippen LogP contribution in [0.4, 0.5) is 11.4 Å². The van der Waals surface area contributed by atoms with Gasteiger partial charge in [0.05, 0.1) is 24.1 Å². The Morgan fingerprint density at radius 1 is 1.35 bits per heavy atom. The molecule has 4 N–H and O–H groups in total. The second kappa shape index (κ2) is 7.02. The maximum atomic E-state index is 11.0. The van der Waals surface area contributed by atoms with Gasteiger partial charge in [-0.1, -0.05) is 17.7 Å². The normalized spacial score (nSPS) is 11.8. The summed E-state index contributed by atoms with van der Waals surface area (Å²) in [5.74, 6) is -0.493. The number of carboxylic acid groups (broad SMARTS) is 1. The van der Waals surface area contributed by atoms with Crippen LogP contribution < -0.4 is 15.8 Å². The summed E-state index contributed by atoms with van der Waals surface area (Å²) in [6, 6.07) is 9.95. The molecule has 0 unspecified atom stereocenters. The highest BCUT2D eigenvalue weighted by Crippen LogP contribution is 2.26. The van der Waals surface area contributed by atoms with Crippen molar-refractivity contribution < 1.29 is 19.4 Å². The van der Waals surface area contributed by atoms with Crippen LogP contribution in [0.15, 0.2) is 36.4 Å². The van der Waals surface area contributed by atoms with Crippen molar-refractivity contribution >= 4 is 34.9 Å². The van der Waals surface area contributed by atoms with Crippen molar-refractivity contribution in [2.75, 3.05) is 18.2 Å². The Morgan fingerprint density at radius 2 is 2.09 bits per heavy atom. The molecule has 1 amide bonds. The molecular formula is C16H15ClN2O4. The Kier molecular flexibility index (Phi) is 5.08. The van der Waals surface area contributed by atoms with Crippen molar-refractivity contribution in [1.29, 1.82) is 0 Å². The van der Waals surface area contributed by atoms with E-state index in [1.165, 1.54) is 6.07 Å². The lowest BCUT2D eigenvalue weighted by Crippen LogP contribution is -2.04. The molecule has 0 atom stereocenters. The first kappa shape index (κ1) is 16.6. The number of hydrogen-bond donors (Lipinski definition) is 3. The maximum Gasteiger partial charge on any atom is 0.336 e. The summed E-state index contributed by atoms with van der Waals surface area (Å²) in [4.78, 5) is 21.7. The maximum absolute atomic E-state index is 11.0. The number of carbonyl (C=O) groups excluding carboxylic acids is 1. The van der Waals surface area contributed by atoms with E-state index in [-0.39, 0.29) is 17.9 Å². The summed E-state index contributed by atoms with van der Waals surface area (Å²) in [6.45, 7) is 0. The first-order valence-corrected chi connectivity index (χ1v) is 7.04. The van der Waals surface area contributed by atoms with E-state index in [0.717, 1.165) is 0 Å². The number of carbonyl (C=O) groups is 2. The van der Waals surface area contributed by atoms with Gasteiger partial charge in [0, 0.05) is 11.4 Å². The Bertz CT molecular complexity index is 762. The van der Waals surface area contributed by atoms with Crippen LogP contribution in [-0.2, 0) is 11.2 Å². The molecule has 1 heterocycles.